The number of fused-ring (bicyclic) bond motifs is 5. The van der Waals surface area contributed by atoms with Crippen molar-refractivity contribution < 1.29 is 53.3 Å². The normalized spacial score (nSPS) is 17.5. The zero-order valence-electron chi connectivity index (χ0n) is 70.6. The molecule has 32 heteroatoms. The number of hydrogen-bond acceptors (Lipinski definition) is 27. The van der Waals surface area contributed by atoms with Crippen molar-refractivity contribution in [2.24, 2.45) is 11.8 Å². The summed E-state index contributed by atoms with van der Waals surface area (Å²) in [6, 6.07) is 27.8. The van der Waals surface area contributed by atoms with Crippen molar-refractivity contribution in [3.63, 3.8) is 0 Å². The highest BCUT2D eigenvalue weighted by Crippen LogP contribution is 2.40. The van der Waals surface area contributed by atoms with Crippen LogP contribution in [0.4, 0.5) is 28.6 Å². The monoisotopic (exact) mass is 1670 g/mol. The van der Waals surface area contributed by atoms with Gasteiger partial charge in [-0.3, -0.25) is 4.79 Å². The van der Waals surface area contributed by atoms with Crippen LogP contribution in [-0.2, 0) is 59.3 Å². The molecule has 3 aliphatic carbocycles. The van der Waals surface area contributed by atoms with E-state index in [9.17, 15) is 24.9 Å². The molecule has 5 saturated heterocycles. The van der Waals surface area contributed by atoms with Crippen LogP contribution in [-0.4, -0.2) is 241 Å². The number of piperidine rings is 1. The number of benzene rings is 4. The van der Waals surface area contributed by atoms with Crippen molar-refractivity contribution >= 4 is 86.6 Å². The number of hydrogen-bond donors (Lipinski definition) is 3. The lowest BCUT2D eigenvalue weighted by Gasteiger charge is -2.34. The van der Waals surface area contributed by atoms with Gasteiger partial charge in [0.05, 0.1) is 84.8 Å². The van der Waals surface area contributed by atoms with E-state index in [1.54, 1.807) is 71.2 Å². The number of ether oxygens (including phenoxy) is 6. The van der Waals surface area contributed by atoms with Gasteiger partial charge in [0.1, 0.15) is 74.2 Å². The summed E-state index contributed by atoms with van der Waals surface area (Å²) in [5, 5.41) is 30.0. The fraction of sp³-hybridized carbons (Fsp3) is 0.473. The first-order valence-corrected chi connectivity index (χ1v) is 43.6. The van der Waals surface area contributed by atoms with Gasteiger partial charge in [0.25, 0.3) is 0 Å². The lowest BCUT2D eigenvalue weighted by molar-refractivity contribution is -0.143. The molecule has 123 heavy (non-hydrogen) atoms. The molecule has 1 amide bonds. The predicted molar refractivity (Wildman–Crippen MR) is 469 cm³/mol. The molecular weight excluding hydrogens is 1560 g/mol. The minimum absolute atomic E-state index is 0.0172. The fourth-order valence-electron chi connectivity index (χ4n) is 17.5. The molecule has 0 radical (unpaired) electrons. The van der Waals surface area contributed by atoms with Gasteiger partial charge in [0.2, 0.25) is 23.8 Å². The summed E-state index contributed by atoms with van der Waals surface area (Å²) in [5.41, 5.74) is 14.8. The summed E-state index contributed by atoms with van der Waals surface area (Å²) in [5.74, 6) is 4.29. The standard InChI is InChI=1S/C25H32N6O4.C25H29N5O.C22H27N5O2.C19H21N5O4/c1-25(2,3)35-24(33)30-9-7-18(8-10-30)31-16-26-21-20(17-5-4-6-19(32)15-17)27-23(28-22(21)31)29-11-13-34-14-12-29;1-2-6-18(7-3-1)16-30-17-26-23-22(21-11-5-9-19-8-4-10-20(19)21)27-25(28-24(23)30)29-12-14-31-15-13-29;28-18-8-4-7-17(13-18)19-20-21(25-22(24-19)26-9-11-29-12-10-26)27(15-23-20)14-16-5-2-1-3-6-16;1-2-28-15(26)11-24-12-20-17-16(13-4-3-5-14(25)10-13)21-19(22-18(17)24)23-6-8-27-9-7-23/h4-6,15-16,18,32H,7-14H2,1-3H3;4-5,9-11,17-18H,1-3,6-8,12-16H2;4,7-8,13,15-16,28H,1-3,5-6,9-12,14H2;3-5,10,12,25H,2,6-9,11H2,1H3. The first-order chi connectivity index (χ1) is 60.1. The highest BCUT2D eigenvalue weighted by molar-refractivity contribution is 5.94. The number of imidazole rings is 4. The van der Waals surface area contributed by atoms with Crippen molar-refractivity contribution in [2.75, 3.05) is 145 Å². The molecular formula is C91H109N21O11. The van der Waals surface area contributed by atoms with Crippen molar-refractivity contribution in [3.8, 4) is 62.3 Å². The molecule has 12 aromatic rings. The summed E-state index contributed by atoms with van der Waals surface area (Å²) in [4.78, 5) is 92.6. The number of likely N-dealkylation sites (tertiary alicyclic amines) is 1. The van der Waals surface area contributed by atoms with Crippen LogP contribution >= 0.6 is 0 Å². The number of carbonyl (C=O) groups is 2. The quantitative estimate of drug-likeness (QED) is 0.0756. The third-order valence-corrected chi connectivity index (χ3v) is 23.8. The van der Waals surface area contributed by atoms with Crippen LogP contribution in [0.15, 0.2) is 122 Å². The number of nitrogens with zero attached hydrogens (tertiary/aromatic N) is 21. The number of amides is 1. The molecule has 0 unspecified atom stereocenters. The largest absolute Gasteiger partial charge is 0.508 e. The van der Waals surface area contributed by atoms with Crippen LogP contribution in [0.3, 0.4) is 0 Å². The summed E-state index contributed by atoms with van der Waals surface area (Å²) < 4.78 is 40.8. The van der Waals surface area contributed by atoms with Gasteiger partial charge in [0, 0.05) is 107 Å². The number of rotatable bonds is 16. The summed E-state index contributed by atoms with van der Waals surface area (Å²) in [7, 11) is 0. The van der Waals surface area contributed by atoms with Crippen molar-refractivity contribution in [1.29, 1.82) is 0 Å². The van der Waals surface area contributed by atoms with Gasteiger partial charge >= 0.3 is 12.1 Å². The molecule has 2 saturated carbocycles. The van der Waals surface area contributed by atoms with Crippen molar-refractivity contribution in [3.05, 3.63) is 134 Å². The van der Waals surface area contributed by atoms with E-state index in [0.717, 1.165) is 145 Å². The van der Waals surface area contributed by atoms with Gasteiger partial charge in [-0.2, -0.15) is 19.9 Å². The Kier molecular flexibility index (Phi) is 25.9. The second-order valence-corrected chi connectivity index (χ2v) is 33.5. The van der Waals surface area contributed by atoms with Gasteiger partial charge in [-0.1, -0.05) is 105 Å². The SMILES string of the molecule is C1=Cc2c(cccc2-c2nc(N3CCOCC3)nc3c2ncn3CC2CCCCC2)C1.CC(C)(C)OC(=O)N1CCC(n2cnc3c(-c4cccc(O)c4)nc(N4CCOCC4)nc32)CC1.CCOC(=O)Cn1cnc2c(-c3cccc(O)c3)nc(N3CCOCC3)nc21.Oc1cccc(-c2nc(N3CCOCC3)nc3c2ncn3CC2CCCCC2)c1. The number of anilines is 4. The maximum atomic E-state index is 12.5. The number of phenolic OH excluding ortho intramolecular Hbond substituents is 3. The van der Waals surface area contributed by atoms with Crippen LogP contribution in [0.25, 0.3) is 95.8 Å². The highest BCUT2D eigenvalue weighted by atomic mass is 16.6. The molecule has 7 fully saturated rings. The maximum Gasteiger partial charge on any atom is 0.410 e. The van der Waals surface area contributed by atoms with E-state index < -0.39 is 5.60 Å². The van der Waals surface area contributed by atoms with Crippen molar-refractivity contribution in [2.45, 2.75) is 142 Å². The molecule has 0 spiro atoms. The molecule has 13 heterocycles. The van der Waals surface area contributed by atoms with Gasteiger partial charge in [-0.05, 0) is 132 Å². The Bertz CT molecular complexity index is 5700. The summed E-state index contributed by atoms with van der Waals surface area (Å²) in [6.45, 7) is 22.2. The average molecular weight is 1670 g/mol. The van der Waals surface area contributed by atoms with E-state index in [4.69, 9.17) is 73.3 Å². The van der Waals surface area contributed by atoms with Crippen LogP contribution < -0.4 is 19.6 Å². The van der Waals surface area contributed by atoms with Crippen LogP contribution in [0.2, 0.25) is 0 Å². The molecule has 32 nitrogen and oxygen atoms in total. The Morgan fingerprint density at radius 2 is 0.837 bits per heavy atom. The topological polar surface area (TPSA) is 341 Å². The maximum absolute atomic E-state index is 12.5. The van der Waals surface area contributed by atoms with E-state index in [-0.39, 0.29) is 41.9 Å². The van der Waals surface area contributed by atoms with E-state index in [2.05, 4.69) is 73.7 Å². The molecule has 644 valence electrons. The molecule has 0 bridgehead atoms. The number of aromatic hydroxyl groups is 3. The minimum atomic E-state index is -0.510. The van der Waals surface area contributed by atoms with Gasteiger partial charge in [0.15, 0.2) is 22.6 Å². The smallest absolute Gasteiger partial charge is 0.410 e. The number of morpholine rings is 4. The lowest BCUT2D eigenvalue weighted by atomic mass is 9.89. The Hall–Kier alpha value is -12.0. The third-order valence-electron chi connectivity index (χ3n) is 23.8. The number of allylic oxidation sites excluding steroid dienone is 1. The predicted octanol–water partition coefficient (Wildman–Crippen LogP) is 13.3. The summed E-state index contributed by atoms with van der Waals surface area (Å²) >= 11 is 0. The van der Waals surface area contributed by atoms with E-state index in [1.165, 1.54) is 75.3 Å². The lowest BCUT2D eigenvalue weighted by Crippen LogP contribution is -2.42. The molecule has 0 atom stereocenters. The molecule has 20 rings (SSSR count). The Morgan fingerprint density at radius 1 is 0.447 bits per heavy atom. The number of phenols is 3. The number of aromatic nitrogens is 16. The first kappa shape index (κ1) is 83.3. The van der Waals surface area contributed by atoms with Crippen LogP contribution in [0.5, 0.6) is 17.2 Å². The molecule has 3 N–H and O–H groups in total. The average Bonchev–Trinajstić information content (AvgIpc) is 1.52. The highest BCUT2D eigenvalue weighted by Gasteiger charge is 2.33. The summed E-state index contributed by atoms with van der Waals surface area (Å²) in [6.07, 6.45) is 27.3. The minimum Gasteiger partial charge on any atom is -0.508 e. The number of carbonyl (C=O) groups excluding carboxylic acids is 2. The Balaban J connectivity index is 0.000000117. The second-order valence-electron chi connectivity index (χ2n) is 33.5. The van der Waals surface area contributed by atoms with Crippen molar-refractivity contribution in [1.82, 2.24) is 83.0 Å². The van der Waals surface area contributed by atoms with E-state index in [0.29, 0.717) is 137 Å². The zero-order valence-corrected chi connectivity index (χ0v) is 70.6. The first-order valence-electron chi connectivity index (χ1n) is 43.6. The zero-order chi connectivity index (χ0) is 84.3. The van der Waals surface area contributed by atoms with Gasteiger partial charge in [-0.25, -0.2) is 44.7 Å². The molecule has 8 aliphatic rings. The second kappa shape index (κ2) is 38.2. The van der Waals surface area contributed by atoms with Gasteiger partial charge < -0.3 is 86.5 Å². The number of esters is 1. The molecule has 5 aliphatic heterocycles. The van der Waals surface area contributed by atoms with E-state index >= 15 is 0 Å². The fourth-order valence-corrected chi connectivity index (χ4v) is 17.5. The van der Waals surface area contributed by atoms with Crippen LogP contribution in [0, 0.1) is 11.8 Å². The van der Waals surface area contributed by atoms with E-state index in [1.807, 2.05) is 68.9 Å². The Morgan fingerprint density at radius 3 is 1.27 bits per heavy atom. The molecule has 4 aromatic carbocycles. The third kappa shape index (κ3) is 19.6. The Labute approximate surface area is 713 Å². The molecule has 8 aromatic heterocycles. The van der Waals surface area contributed by atoms with Gasteiger partial charge in [-0.15, -0.1) is 0 Å². The van der Waals surface area contributed by atoms with Crippen LogP contribution in [0.1, 0.15) is 122 Å².